The normalized spacial score (nSPS) is 12.2. The van der Waals surface area contributed by atoms with Gasteiger partial charge in [0.15, 0.2) is 0 Å². The summed E-state index contributed by atoms with van der Waals surface area (Å²) >= 11 is 5.02. The van der Waals surface area contributed by atoms with Gasteiger partial charge < -0.3 is 15.2 Å². The average molecular weight is 328 g/mol. The summed E-state index contributed by atoms with van der Waals surface area (Å²) in [6, 6.07) is 9.56. The van der Waals surface area contributed by atoms with Crippen molar-refractivity contribution < 1.29 is 9.84 Å². The van der Waals surface area contributed by atoms with Crippen LogP contribution in [0.2, 0.25) is 0 Å². The predicted octanol–water partition coefficient (Wildman–Crippen LogP) is 3.66. The minimum Gasteiger partial charge on any atom is -0.495 e. The minimum atomic E-state index is -0.127. The van der Waals surface area contributed by atoms with E-state index in [9.17, 15) is 5.11 Å². The van der Waals surface area contributed by atoms with Crippen LogP contribution in [0.3, 0.4) is 0 Å². The number of halogens is 1. The molecule has 96 valence electrons. The summed E-state index contributed by atoms with van der Waals surface area (Å²) in [5.74, 6) is 0.770. The van der Waals surface area contributed by atoms with Crippen LogP contribution < -0.4 is 10.1 Å². The van der Waals surface area contributed by atoms with E-state index in [0.717, 1.165) is 20.8 Å². The van der Waals surface area contributed by atoms with Gasteiger partial charge >= 0.3 is 0 Å². The van der Waals surface area contributed by atoms with E-state index in [0.29, 0.717) is 0 Å². The van der Waals surface area contributed by atoms with Gasteiger partial charge in [-0.15, -0.1) is 11.3 Å². The highest BCUT2D eigenvalue weighted by Gasteiger charge is 2.14. The van der Waals surface area contributed by atoms with Gasteiger partial charge in [-0.05, 0) is 34.1 Å². The molecule has 0 radical (unpaired) electrons. The van der Waals surface area contributed by atoms with E-state index >= 15 is 0 Å². The Hall–Kier alpha value is -1.04. The number of thiophene rings is 1. The molecule has 0 bridgehead atoms. The molecule has 0 aliphatic heterocycles. The van der Waals surface area contributed by atoms with Crippen LogP contribution >= 0.6 is 27.3 Å². The molecule has 0 amide bonds. The smallest absolute Gasteiger partial charge is 0.141 e. The zero-order valence-corrected chi connectivity index (χ0v) is 12.3. The van der Waals surface area contributed by atoms with Crippen LogP contribution in [0.25, 0.3) is 0 Å². The van der Waals surface area contributed by atoms with Crippen molar-refractivity contribution in [1.82, 2.24) is 0 Å². The molecule has 2 N–H and O–H groups in total. The Kier molecular flexibility index (Phi) is 4.63. The van der Waals surface area contributed by atoms with Crippen LogP contribution in [0.5, 0.6) is 5.75 Å². The number of aliphatic hydroxyl groups excluding tert-OH is 1. The molecule has 1 aromatic carbocycles. The third kappa shape index (κ3) is 3.04. The van der Waals surface area contributed by atoms with E-state index in [1.165, 1.54) is 0 Å². The summed E-state index contributed by atoms with van der Waals surface area (Å²) in [6.45, 7) is 0.0327. The summed E-state index contributed by atoms with van der Waals surface area (Å²) in [7, 11) is 1.64. The van der Waals surface area contributed by atoms with E-state index < -0.39 is 0 Å². The molecule has 1 atom stereocenters. The second-order valence-electron chi connectivity index (χ2n) is 3.75. The SMILES string of the molecule is COc1ccccc1NC(CO)c1cc(Br)cs1. The van der Waals surface area contributed by atoms with Gasteiger partial charge in [0.25, 0.3) is 0 Å². The number of para-hydroxylation sites is 2. The first-order valence-corrected chi connectivity index (χ1v) is 7.16. The van der Waals surface area contributed by atoms with Crippen LogP contribution in [0, 0.1) is 0 Å². The number of nitrogens with one attached hydrogen (secondary N) is 1. The number of hydrogen-bond acceptors (Lipinski definition) is 4. The molecule has 0 aliphatic rings. The molecule has 0 fully saturated rings. The topological polar surface area (TPSA) is 41.5 Å². The maximum Gasteiger partial charge on any atom is 0.141 e. The third-order valence-electron chi connectivity index (χ3n) is 2.55. The fourth-order valence-corrected chi connectivity index (χ4v) is 3.16. The quantitative estimate of drug-likeness (QED) is 0.880. The van der Waals surface area contributed by atoms with Crippen molar-refractivity contribution in [2.24, 2.45) is 0 Å². The van der Waals surface area contributed by atoms with E-state index in [-0.39, 0.29) is 12.6 Å². The lowest BCUT2D eigenvalue weighted by atomic mass is 10.2. The molecule has 2 rings (SSSR count). The molecule has 3 nitrogen and oxygen atoms in total. The van der Waals surface area contributed by atoms with Gasteiger partial charge in [-0.25, -0.2) is 0 Å². The molecular formula is C13H14BrNO2S. The van der Waals surface area contributed by atoms with Gasteiger partial charge in [-0.2, -0.15) is 0 Å². The van der Waals surface area contributed by atoms with Gasteiger partial charge in [0.2, 0.25) is 0 Å². The zero-order valence-electron chi connectivity index (χ0n) is 9.89. The number of anilines is 1. The van der Waals surface area contributed by atoms with Crippen molar-refractivity contribution in [2.75, 3.05) is 19.0 Å². The average Bonchev–Trinajstić information content (AvgIpc) is 2.83. The van der Waals surface area contributed by atoms with Crippen LogP contribution in [0.1, 0.15) is 10.9 Å². The zero-order chi connectivity index (χ0) is 13.0. The van der Waals surface area contributed by atoms with Gasteiger partial charge in [0.1, 0.15) is 5.75 Å². The lowest BCUT2D eigenvalue weighted by Gasteiger charge is -2.18. The summed E-state index contributed by atoms with van der Waals surface area (Å²) in [5, 5.41) is 14.8. The van der Waals surface area contributed by atoms with Crippen LogP contribution in [-0.4, -0.2) is 18.8 Å². The highest BCUT2D eigenvalue weighted by Crippen LogP contribution is 2.31. The molecule has 2 aromatic rings. The molecule has 1 heterocycles. The molecule has 0 saturated heterocycles. The van der Waals surface area contributed by atoms with Gasteiger partial charge in [0.05, 0.1) is 25.4 Å². The summed E-state index contributed by atoms with van der Waals surface area (Å²) in [5.41, 5.74) is 0.878. The highest BCUT2D eigenvalue weighted by atomic mass is 79.9. The first-order valence-electron chi connectivity index (χ1n) is 5.49. The van der Waals surface area contributed by atoms with Crippen molar-refractivity contribution in [3.63, 3.8) is 0 Å². The number of hydrogen-bond donors (Lipinski definition) is 2. The first-order chi connectivity index (χ1) is 8.74. The van der Waals surface area contributed by atoms with E-state index in [4.69, 9.17) is 4.74 Å². The maximum absolute atomic E-state index is 9.50. The van der Waals surface area contributed by atoms with Crippen molar-refractivity contribution in [3.05, 3.63) is 45.1 Å². The minimum absolute atomic E-state index is 0.0327. The van der Waals surface area contributed by atoms with Gasteiger partial charge in [-0.3, -0.25) is 0 Å². The summed E-state index contributed by atoms with van der Waals surface area (Å²) < 4.78 is 6.31. The van der Waals surface area contributed by atoms with Crippen LogP contribution in [-0.2, 0) is 0 Å². The van der Waals surface area contributed by atoms with Gasteiger partial charge in [0, 0.05) is 14.7 Å². The second-order valence-corrected chi connectivity index (χ2v) is 5.61. The van der Waals surface area contributed by atoms with Gasteiger partial charge in [-0.1, -0.05) is 12.1 Å². The Morgan fingerprint density at radius 2 is 2.22 bits per heavy atom. The van der Waals surface area contributed by atoms with Crippen LogP contribution in [0.4, 0.5) is 5.69 Å². The van der Waals surface area contributed by atoms with E-state index in [1.54, 1.807) is 18.4 Å². The van der Waals surface area contributed by atoms with Crippen molar-refractivity contribution in [3.8, 4) is 5.75 Å². The standard InChI is InChI=1S/C13H14BrNO2S/c1-17-12-5-3-2-4-10(12)15-11(7-16)13-6-9(14)8-18-13/h2-6,8,11,15-16H,7H2,1H3. The summed E-state index contributed by atoms with van der Waals surface area (Å²) in [6.07, 6.45) is 0. The lowest BCUT2D eigenvalue weighted by Crippen LogP contribution is -2.14. The Labute approximate surface area is 119 Å². The molecule has 0 saturated carbocycles. The largest absolute Gasteiger partial charge is 0.495 e. The summed E-state index contributed by atoms with van der Waals surface area (Å²) in [4.78, 5) is 1.08. The fraction of sp³-hybridized carbons (Fsp3) is 0.231. The van der Waals surface area contributed by atoms with Crippen molar-refractivity contribution in [2.45, 2.75) is 6.04 Å². The van der Waals surface area contributed by atoms with Crippen molar-refractivity contribution >= 4 is 33.0 Å². The third-order valence-corrected chi connectivity index (χ3v) is 4.36. The monoisotopic (exact) mass is 327 g/mol. The first kappa shape index (κ1) is 13.4. The maximum atomic E-state index is 9.50. The lowest BCUT2D eigenvalue weighted by molar-refractivity contribution is 0.277. The Morgan fingerprint density at radius 3 is 2.83 bits per heavy atom. The molecule has 0 aliphatic carbocycles. The predicted molar refractivity (Wildman–Crippen MR) is 78.5 cm³/mol. The molecular weight excluding hydrogens is 314 g/mol. The van der Waals surface area contributed by atoms with Crippen LogP contribution in [0.15, 0.2) is 40.2 Å². The Bertz CT molecular complexity index is 515. The number of methoxy groups -OCH3 is 1. The highest BCUT2D eigenvalue weighted by molar-refractivity contribution is 9.10. The van der Waals surface area contributed by atoms with E-state index in [1.807, 2.05) is 35.7 Å². The number of ether oxygens (including phenoxy) is 1. The molecule has 1 unspecified atom stereocenters. The van der Waals surface area contributed by atoms with E-state index in [2.05, 4.69) is 21.2 Å². The Morgan fingerprint density at radius 1 is 1.44 bits per heavy atom. The second kappa shape index (κ2) is 6.22. The number of rotatable bonds is 5. The number of aliphatic hydroxyl groups is 1. The molecule has 0 spiro atoms. The molecule has 1 aromatic heterocycles. The van der Waals surface area contributed by atoms with Crippen molar-refractivity contribution in [1.29, 1.82) is 0 Å². The molecule has 5 heteroatoms. The molecule has 18 heavy (non-hydrogen) atoms. The number of benzene rings is 1. The fourth-order valence-electron chi connectivity index (χ4n) is 1.67. The Balaban J connectivity index is 2.20.